The Hall–Kier alpha value is -4.37. The van der Waals surface area contributed by atoms with E-state index in [1.165, 1.54) is 10.8 Å². The Labute approximate surface area is 249 Å². The van der Waals surface area contributed by atoms with Crippen molar-refractivity contribution in [2.75, 3.05) is 29.4 Å². The summed E-state index contributed by atoms with van der Waals surface area (Å²) in [6, 6.07) is 23.3. The fraction of sp³-hybridized carbons (Fsp3) is 0.312. The van der Waals surface area contributed by atoms with E-state index in [4.69, 9.17) is 16.3 Å². The first-order valence-electron chi connectivity index (χ1n) is 14.1. The molecule has 6 rings (SSSR count). The summed E-state index contributed by atoms with van der Waals surface area (Å²) in [7, 11) is 0. The lowest BCUT2D eigenvalue weighted by molar-refractivity contribution is -0.137. The minimum atomic E-state index is -0.951. The molecule has 1 fully saturated rings. The molecule has 0 spiro atoms. The number of carboxylic acid groups (broad SMARTS) is 1. The second kappa shape index (κ2) is 11.9. The summed E-state index contributed by atoms with van der Waals surface area (Å²) in [5, 5.41) is 12.3. The summed E-state index contributed by atoms with van der Waals surface area (Å²) in [6.45, 7) is 3.99. The molecule has 4 aromatic rings. The van der Waals surface area contributed by atoms with Gasteiger partial charge in [-0.2, -0.15) is 0 Å². The van der Waals surface area contributed by atoms with E-state index in [0.29, 0.717) is 25.3 Å². The zero-order valence-corrected chi connectivity index (χ0v) is 24.1. The third-order valence-electron chi connectivity index (χ3n) is 8.09. The number of amides is 1. The lowest BCUT2D eigenvalue weighted by atomic mass is 9.99. The Kier molecular flexibility index (Phi) is 7.84. The Balaban J connectivity index is 1.26. The Morgan fingerprint density at radius 2 is 1.76 bits per heavy atom. The number of hydrogen-bond acceptors (Lipinski definition) is 7. The lowest BCUT2D eigenvalue weighted by Crippen LogP contribution is -2.60. The van der Waals surface area contributed by atoms with Gasteiger partial charge in [0.15, 0.2) is 0 Å². The van der Waals surface area contributed by atoms with Crippen molar-refractivity contribution >= 4 is 45.9 Å². The number of carbonyl (C=O) groups excluding carboxylic acids is 1. The fourth-order valence-electron chi connectivity index (χ4n) is 6.04. The monoisotopic (exact) mass is 585 g/mol. The van der Waals surface area contributed by atoms with Gasteiger partial charge in [0.05, 0.1) is 24.7 Å². The maximum atomic E-state index is 13.1. The van der Waals surface area contributed by atoms with E-state index < -0.39 is 18.1 Å². The van der Waals surface area contributed by atoms with Gasteiger partial charge < -0.3 is 24.5 Å². The van der Waals surface area contributed by atoms with Gasteiger partial charge in [0.1, 0.15) is 12.4 Å². The summed E-state index contributed by atoms with van der Waals surface area (Å²) < 4.78 is 5.60. The molecule has 0 radical (unpaired) electrons. The number of ether oxygens (including phenoxy) is 1. The van der Waals surface area contributed by atoms with E-state index in [1.54, 1.807) is 4.90 Å². The molecule has 0 saturated carbocycles. The smallest absolute Gasteiger partial charge is 0.410 e. The first-order chi connectivity index (χ1) is 20.4. The highest BCUT2D eigenvalue weighted by Gasteiger charge is 2.39. The third-order valence-corrected chi connectivity index (χ3v) is 8.26. The highest BCUT2D eigenvalue weighted by atomic mass is 35.5. The van der Waals surface area contributed by atoms with E-state index in [2.05, 4.69) is 45.2 Å². The van der Waals surface area contributed by atoms with Crippen LogP contribution in [0, 0.1) is 0 Å². The summed E-state index contributed by atoms with van der Waals surface area (Å²) in [4.78, 5) is 40.2. The molecule has 1 N–H and O–H groups in total. The number of anilines is 2. The van der Waals surface area contributed by atoms with Gasteiger partial charge in [0, 0.05) is 42.3 Å². The quantitative estimate of drug-likeness (QED) is 0.295. The van der Waals surface area contributed by atoms with E-state index in [-0.39, 0.29) is 30.9 Å². The number of halogens is 1. The molecular weight excluding hydrogens is 554 g/mol. The number of aromatic nitrogens is 2. The van der Waals surface area contributed by atoms with Gasteiger partial charge in [-0.3, -0.25) is 4.79 Å². The van der Waals surface area contributed by atoms with Gasteiger partial charge >= 0.3 is 12.1 Å². The standard InChI is InChI=1S/C32H32ClN5O4/c1-21-17-38(24(16-29(39)40)18-37(21)32(41)42-20-22-8-3-2-4-9-22)30-26-14-15-36(19-27(26)34-31(33)35-30)28-13-7-11-23-10-5-6-12-25(23)28/h2-13,21,24H,14-20H2,1H3,(H,39,40). The van der Waals surface area contributed by atoms with Gasteiger partial charge in [-0.25, -0.2) is 14.8 Å². The van der Waals surface area contributed by atoms with E-state index in [1.807, 2.05) is 54.3 Å². The normalized spacial score (nSPS) is 18.6. The van der Waals surface area contributed by atoms with E-state index in [0.717, 1.165) is 29.1 Å². The zero-order chi connectivity index (χ0) is 29.2. The van der Waals surface area contributed by atoms with Crippen LogP contribution in [-0.4, -0.2) is 63.8 Å². The van der Waals surface area contributed by atoms with Crippen LogP contribution in [0.4, 0.5) is 16.3 Å². The predicted molar refractivity (Wildman–Crippen MR) is 162 cm³/mol. The average Bonchev–Trinajstić information content (AvgIpc) is 2.99. The lowest BCUT2D eigenvalue weighted by Gasteiger charge is -2.46. The van der Waals surface area contributed by atoms with Crippen molar-refractivity contribution in [3.63, 3.8) is 0 Å². The minimum Gasteiger partial charge on any atom is -0.481 e. The maximum Gasteiger partial charge on any atom is 0.410 e. The molecule has 2 aliphatic rings. The highest BCUT2D eigenvalue weighted by Crippen LogP contribution is 2.35. The predicted octanol–water partition coefficient (Wildman–Crippen LogP) is 5.54. The second-order valence-corrected chi connectivity index (χ2v) is 11.2. The van der Waals surface area contributed by atoms with Gasteiger partial charge in [-0.05, 0) is 42.0 Å². The number of benzene rings is 3. The molecule has 2 atom stereocenters. The molecule has 3 aromatic carbocycles. The van der Waals surface area contributed by atoms with Gasteiger partial charge in [0.25, 0.3) is 0 Å². The van der Waals surface area contributed by atoms with Crippen LogP contribution in [0.1, 0.15) is 30.2 Å². The van der Waals surface area contributed by atoms with Crippen LogP contribution < -0.4 is 9.80 Å². The molecule has 216 valence electrons. The van der Waals surface area contributed by atoms with Gasteiger partial charge in [-0.1, -0.05) is 66.7 Å². The molecule has 3 heterocycles. The third kappa shape index (κ3) is 5.69. The molecule has 10 heteroatoms. The summed E-state index contributed by atoms with van der Waals surface area (Å²) in [5.74, 6) is -0.300. The molecule has 2 aliphatic heterocycles. The number of rotatable bonds is 6. The van der Waals surface area contributed by atoms with E-state index in [9.17, 15) is 14.7 Å². The van der Waals surface area contributed by atoms with Crippen molar-refractivity contribution < 1.29 is 19.4 Å². The second-order valence-electron chi connectivity index (χ2n) is 10.9. The van der Waals surface area contributed by atoms with Crippen LogP contribution in [0.5, 0.6) is 0 Å². The van der Waals surface area contributed by atoms with Crippen LogP contribution in [0.3, 0.4) is 0 Å². The summed E-state index contributed by atoms with van der Waals surface area (Å²) in [6.07, 6.45) is 0.0570. The first kappa shape index (κ1) is 27.8. The van der Waals surface area contributed by atoms with Crippen LogP contribution in [0.25, 0.3) is 10.8 Å². The maximum absolute atomic E-state index is 13.1. The zero-order valence-electron chi connectivity index (χ0n) is 23.3. The summed E-state index contributed by atoms with van der Waals surface area (Å²) in [5.41, 5.74) is 3.82. The number of fused-ring (bicyclic) bond motifs is 2. The molecule has 1 aromatic heterocycles. The Morgan fingerprint density at radius 3 is 2.57 bits per heavy atom. The molecule has 0 bridgehead atoms. The van der Waals surface area contributed by atoms with Crippen LogP contribution in [0.15, 0.2) is 72.8 Å². The fourth-order valence-corrected chi connectivity index (χ4v) is 6.22. The molecule has 2 unspecified atom stereocenters. The van der Waals surface area contributed by atoms with Crippen molar-refractivity contribution in [2.24, 2.45) is 0 Å². The van der Waals surface area contributed by atoms with Gasteiger partial charge in [-0.15, -0.1) is 0 Å². The SMILES string of the molecule is CC1CN(c2nc(Cl)nc3c2CCN(c2cccc4ccccc24)C3)C(CC(=O)O)CN1C(=O)OCc1ccccc1. The topological polar surface area (TPSA) is 99.1 Å². The number of carboxylic acids is 1. The van der Waals surface area contributed by atoms with Crippen LogP contribution in [0.2, 0.25) is 5.28 Å². The minimum absolute atomic E-state index is 0.120. The molecule has 9 nitrogen and oxygen atoms in total. The van der Waals surface area contributed by atoms with Crippen molar-refractivity contribution in [1.29, 1.82) is 0 Å². The number of aliphatic carboxylic acids is 1. The van der Waals surface area contributed by atoms with Gasteiger partial charge in [0.2, 0.25) is 5.28 Å². The average molecular weight is 586 g/mol. The molecular formula is C32H32ClN5O4. The van der Waals surface area contributed by atoms with Crippen LogP contribution >= 0.6 is 11.6 Å². The van der Waals surface area contributed by atoms with Crippen molar-refractivity contribution in [3.8, 4) is 0 Å². The van der Waals surface area contributed by atoms with Crippen molar-refractivity contribution in [2.45, 2.75) is 45.0 Å². The van der Waals surface area contributed by atoms with Crippen molar-refractivity contribution in [1.82, 2.24) is 14.9 Å². The largest absolute Gasteiger partial charge is 0.481 e. The first-order valence-corrected chi connectivity index (χ1v) is 14.5. The molecule has 42 heavy (non-hydrogen) atoms. The van der Waals surface area contributed by atoms with E-state index >= 15 is 0 Å². The molecule has 1 amide bonds. The highest BCUT2D eigenvalue weighted by molar-refractivity contribution is 6.28. The Morgan fingerprint density at radius 1 is 1.00 bits per heavy atom. The number of carbonyl (C=O) groups is 2. The Bertz CT molecular complexity index is 1610. The molecule has 0 aliphatic carbocycles. The number of piperazine rings is 1. The number of hydrogen-bond donors (Lipinski definition) is 1. The number of nitrogens with zero attached hydrogens (tertiary/aromatic N) is 5. The van der Waals surface area contributed by atoms with Crippen LogP contribution in [-0.2, 0) is 29.1 Å². The molecule has 1 saturated heterocycles. The van der Waals surface area contributed by atoms with Crippen molar-refractivity contribution in [3.05, 3.63) is 94.9 Å². The summed E-state index contributed by atoms with van der Waals surface area (Å²) >= 11 is 6.49.